The Morgan fingerprint density at radius 2 is 1.86 bits per heavy atom. The third-order valence-corrected chi connectivity index (χ3v) is 3.77. The molecule has 0 spiro atoms. The van der Waals surface area contributed by atoms with Gasteiger partial charge in [0.2, 0.25) is 5.95 Å². The van der Waals surface area contributed by atoms with Crippen LogP contribution in [0.1, 0.15) is 11.3 Å². The summed E-state index contributed by atoms with van der Waals surface area (Å²) < 4.78 is 12.9. The van der Waals surface area contributed by atoms with E-state index in [1.807, 2.05) is 19.9 Å². The highest BCUT2D eigenvalue weighted by atomic mass is 35.5. The second kappa shape index (κ2) is 5.77. The Labute approximate surface area is 132 Å². The van der Waals surface area contributed by atoms with E-state index in [0.717, 1.165) is 28.2 Å². The van der Waals surface area contributed by atoms with Crippen LogP contribution >= 0.6 is 11.6 Å². The number of rotatable bonds is 3. The van der Waals surface area contributed by atoms with E-state index in [9.17, 15) is 4.39 Å². The van der Waals surface area contributed by atoms with Gasteiger partial charge in [0, 0.05) is 23.1 Å². The number of hydrogen-bond donors (Lipinski definition) is 2. The first-order valence-corrected chi connectivity index (χ1v) is 7.13. The lowest BCUT2D eigenvalue weighted by atomic mass is 10.1. The topological polar surface area (TPSA) is 53.6 Å². The number of nitrogens with one attached hydrogen (secondary N) is 2. The van der Waals surface area contributed by atoms with Crippen molar-refractivity contribution in [2.45, 2.75) is 13.8 Å². The number of aryl methyl sites for hydroxylation is 1. The van der Waals surface area contributed by atoms with Crippen molar-refractivity contribution < 1.29 is 4.39 Å². The molecule has 2 aromatic heterocycles. The van der Waals surface area contributed by atoms with Crippen molar-refractivity contribution >= 4 is 23.2 Å². The molecule has 22 heavy (non-hydrogen) atoms. The van der Waals surface area contributed by atoms with Crippen molar-refractivity contribution in [1.29, 1.82) is 0 Å². The molecule has 0 saturated heterocycles. The number of nitrogens with zero attached hydrogens (tertiary/aromatic N) is 2. The Hall–Kier alpha value is -2.40. The Morgan fingerprint density at radius 1 is 1.14 bits per heavy atom. The molecule has 0 aliphatic carbocycles. The van der Waals surface area contributed by atoms with E-state index in [0.29, 0.717) is 11.1 Å². The first-order valence-electron chi connectivity index (χ1n) is 6.75. The maximum atomic E-state index is 12.9. The summed E-state index contributed by atoms with van der Waals surface area (Å²) in [5, 5.41) is 3.67. The maximum Gasteiger partial charge on any atom is 0.227 e. The third kappa shape index (κ3) is 2.80. The first-order chi connectivity index (χ1) is 10.5. The van der Waals surface area contributed by atoms with Gasteiger partial charge >= 0.3 is 0 Å². The fourth-order valence-electron chi connectivity index (χ4n) is 2.32. The zero-order valence-corrected chi connectivity index (χ0v) is 12.9. The molecule has 2 heterocycles. The smallest absolute Gasteiger partial charge is 0.227 e. The molecule has 0 saturated carbocycles. The lowest BCUT2D eigenvalue weighted by Crippen LogP contribution is -1.98. The van der Waals surface area contributed by atoms with E-state index in [1.54, 1.807) is 18.3 Å². The van der Waals surface area contributed by atoms with Crippen LogP contribution in [-0.2, 0) is 0 Å². The molecule has 0 aliphatic rings. The van der Waals surface area contributed by atoms with Crippen molar-refractivity contribution in [2.24, 2.45) is 0 Å². The standard InChI is InChI=1S/C16H14ClFN4/c1-9-14(10(2)20-15(9)17)13-7-8-19-16(22-13)21-12-5-3-11(18)4-6-12/h3-8,20H,1-2H3,(H,19,21,22). The summed E-state index contributed by atoms with van der Waals surface area (Å²) in [6, 6.07) is 7.86. The minimum absolute atomic E-state index is 0.284. The Bertz CT molecular complexity index is 812. The van der Waals surface area contributed by atoms with E-state index in [2.05, 4.69) is 20.3 Å². The van der Waals surface area contributed by atoms with Crippen molar-refractivity contribution in [2.75, 3.05) is 5.32 Å². The monoisotopic (exact) mass is 316 g/mol. The number of aromatic amines is 1. The molecular formula is C16H14ClFN4. The summed E-state index contributed by atoms with van der Waals surface area (Å²) in [4.78, 5) is 11.8. The minimum atomic E-state index is -0.284. The third-order valence-electron chi connectivity index (χ3n) is 3.39. The fourth-order valence-corrected chi connectivity index (χ4v) is 2.55. The van der Waals surface area contributed by atoms with Crippen LogP contribution in [0.2, 0.25) is 5.15 Å². The van der Waals surface area contributed by atoms with Crippen LogP contribution in [0.4, 0.5) is 16.0 Å². The first kappa shape index (κ1) is 14.5. The molecule has 0 fully saturated rings. The average molecular weight is 317 g/mol. The van der Waals surface area contributed by atoms with Crippen molar-refractivity contribution in [3.8, 4) is 11.3 Å². The van der Waals surface area contributed by atoms with E-state index < -0.39 is 0 Å². The summed E-state index contributed by atoms with van der Waals surface area (Å²) in [7, 11) is 0. The molecule has 0 bridgehead atoms. The van der Waals surface area contributed by atoms with Gasteiger partial charge in [-0.1, -0.05) is 11.6 Å². The number of anilines is 2. The van der Waals surface area contributed by atoms with E-state index in [-0.39, 0.29) is 5.82 Å². The molecule has 3 aromatic rings. The highest BCUT2D eigenvalue weighted by molar-refractivity contribution is 6.30. The van der Waals surface area contributed by atoms with Gasteiger partial charge < -0.3 is 10.3 Å². The van der Waals surface area contributed by atoms with E-state index in [1.165, 1.54) is 12.1 Å². The number of hydrogen-bond acceptors (Lipinski definition) is 3. The van der Waals surface area contributed by atoms with Crippen LogP contribution in [0.25, 0.3) is 11.3 Å². The van der Waals surface area contributed by atoms with Crippen LogP contribution in [-0.4, -0.2) is 15.0 Å². The largest absolute Gasteiger partial charge is 0.349 e. The molecule has 0 aliphatic heterocycles. The summed E-state index contributed by atoms with van der Waals surface area (Å²) in [6.07, 6.45) is 1.67. The molecule has 1 aromatic carbocycles. The van der Waals surface area contributed by atoms with Crippen molar-refractivity contribution in [1.82, 2.24) is 15.0 Å². The van der Waals surface area contributed by atoms with Gasteiger partial charge in [0.05, 0.1) is 5.69 Å². The highest BCUT2D eigenvalue weighted by Crippen LogP contribution is 2.31. The summed E-state index contributed by atoms with van der Waals surface area (Å²) in [6.45, 7) is 3.89. The van der Waals surface area contributed by atoms with Gasteiger partial charge in [0.15, 0.2) is 0 Å². The molecule has 0 amide bonds. The van der Waals surface area contributed by atoms with Crippen LogP contribution in [0, 0.1) is 19.7 Å². The van der Waals surface area contributed by atoms with Crippen molar-refractivity contribution in [3.05, 3.63) is 58.8 Å². The molecule has 0 unspecified atom stereocenters. The average Bonchev–Trinajstić information content (AvgIpc) is 2.75. The van der Waals surface area contributed by atoms with E-state index >= 15 is 0 Å². The van der Waals surface area contributed by atoms with Crippen LogP contribution < -0.4 is 5.32 Å². The van der Waals surface area contributed by atoms with Crippen LogP contribution in [0.5, 0.6) is 0 Å². The Kier molecular flexibility index (Phi) is 3.81. The molecule has 0 atom stereocenters. The van der Waals surface area contributed by atoms with Gasteiger partial charge in [0.1, 0.15) is 11.0 Å². The predicted molar refractivity (Wildman–Crippen MR) is 86.0 cm³/mol. The number of aromatic nitrogens is 3. The number of H-pyrrole nitrogens is 1. The summed E-state index contributed by atoms with van der Waals surface area (Å²) in [5.41, 5.74) is 4.37. The molecule has 6 heteroatoms. The van der Waals surface area contributed by atoms with Gasteiger partial charge in [0.25, 0.3) is 0 Å². The van der Waals surface area contributed by atoms with Gasteiger partial charge in [-0.2, -0.15) is 0 Å². The molecule has 4 nitrogen and oxygen atoms in total. The highest BCUT2D eigenvalue weighted by Gasteiger charge is 2.13. The Balaban J connectivity index is 1.94. The lowest BCUT2D eigenvalue weighted by Gasteiger charge is -2.07. The minimum Gasteiger partial charge on any atom is -0.349 e. The number of halogens is 2. The zero-order chi connectivity index (χ0) is 15.7. The van der Waals surface area contributed by atoms with Gasteiger partial charge in [-0.25, -0.2) is 14.4 Å². The lowest BCUT2D eigenvalue weighted by molar-refractivity contribution is 0.628. The van der Waals surface area contributed by atoms with Crippen molar-refractivity contribution in [3.63, 3.8) is 0 Å². The SMILES string of the molecule is Cc1[nH]c(Cl)c(C)c1-c1ccnc(Nc2ccc(F)cc2)n1. The second-order valence-corrected chi connectivity index (χ2v) is 5.34. The quantitative estimate of drug-likeness (QED) is 0.741. The molecule has 0 radical (unpaired) electrons. The molecule has 2 N–H and O–H groups in total. The van der Waals surface area contributed by atoms with E-state index in [4.69, 9.17) is 11.6 Å². The number of benzene rings is 1. The fraction of sp³-hybridized carbons (Fsp3) is 0.125. The molecule has 112 valence electrons. The van der Waals surface area contributed by atoms with Crippen LogP contribution in [0.3, 0.4) is 0 Å². The molecule has 3 rings (SSSR count). The predicted octanol–water partition coefficient (Wildman–Crippen LogP) is 4.62. The Morgan fingerprint density at radius 3 is 2.50 bits per heavy atom. The van der Waals surface area contributed by atoms with Crippen LogP contribution in [0.15, 0.2) is 36.5 Å². The summed E-state index contributed by atoms with van der Waals surface area (Å²) >= 11 is 6.12. The summed E-state index contributed by atoms with van der Waals surface area (Å²) in [5.74, 6) is 0.161. The van der Waals surface area contributed by atoms with Gasteiger partial charge in [-0.05, 0) is 49.7 Å². The maximum absolute atomic E-state index is 12.9. The van der Waals surface area contributed by atoms with Gasteiger partial charge in [-0.15, -0.1) is 0 Å². The molecular weight excluding hydrogens is 303 g/mol. The normalized spacial score (nSPS) is 10.7. The van der Waals surface area contributed by atoms with Gasteiger partial charge in [-0.3, -0.25) is 0 Å². The second-order valence-electron chi connectivity index (χ2n) is 4.96. The zero-order valence-electron chi connectivity index (χ0n) is 12.1.